The Morgan fingerprint density at radius 3 is 2.67 bits per heavy atom. The highest BCUT2D eigenvalue weighted by molar-refractivity contribution is 7.10. The van der Waals surface area contributed by atoms with Crippen molar-refractivity contribution in [3.05, 3.63) is 57.8 Å². The summed E-state index contributed by atoms with van der Waals surface area (Å²) in [4.78, 5) is 18.2. The van der Waals surface area contributed by atoms with Crippen LogP contribution in [0.1, 0.15) is 41.3 Å². The summed E-state index contributed by atoms with van der Waals surface area (Å²) < 4.78 is 0. The molecule has 1 aromatic heterocycles. The summed E-state index contributed by atoms with van der Waals surface area (Å²) >= 11 is 1.67. The van der Waals surface area contributed by atoms with Gasteiger partial charge < -0.3 is 9.80 Å². The highest BCUT2D eigenvalue weighted by Gasteiger charge is 2.27. The first kappa shape index (κ1) is 17.2. The van der Waals surface area contributed by atoms with E-state index in [1.165, 1.54) is 17.5 Å². The Morgan fingerprint density at radius 2 is 2.00 bits per heavy atom. The van der Waals surface area contributed by atoms with Gasteiger partial charge in [0.05, 0.1) is 12.5 Å². The molecule has 0 aliphatic carbocycles. The average Bonchev–Trinajstić information content (AvgIpc) is 3.08. The summed E-state index contributed by atoms with van der Waals surface area (Å²) in [5, 5.41) is 2.04. The molecule has 1 saturated heterocycles. The molecule has 1 fully saturated rings. The van der Waals surface area contributed by atoms with Crippen LogP contribution in [0.15, 0.2) is 41.8 Å². The van der Waals surface area contributed by atoms with Gasteiger partial charge in [0.15, 0.2) is 0 Å². The Balaban J connectivity index is 1.72. The van der Waals surface area contributed by atoms with Crippen LogP contribution in [-0.4, -0.2) is 36.3 Å². The van der Waals surface area contributed by atoms with E-state index in [1.807, 2.05) is 11.4 Å². The van der Waals surface area contributed by atoms with Crippen LogP contribution < -0.4 is 0 Å². The van der Waals surface area contributed by atoms with Gasteiger partial charge >= 0.3 is 0 Å². The minimum atomic E-state index is 0.236. The van der Waals surface area contributed by atoms with Gasteiger partial charge in [0.1, 0.15) is 0 Å². The second kappa shape index (κ2) is 7.95. The summed E-state index contributed by atoms with van der Waals surface area (Å²) in [5.74, 6) is 0.263. The first-order valence-electron chi connectivity index (χ1n) is 8.69. The van der Waals surface area contributed by atoms with Crippen LogP contribution in [0.3, 0.4) is 0 Å². The van der Waals surface area contributed by atoms with E-state index in [-0.39, 0.29) is 11.9 Å². The number of hydrogen-bond acceptors (Lipinski definition) is 3. The minimum absolute atomic E-state index is 0.236. The molecule has 0 saturated carbocycles. The second-order valence-electron chi connectivity index (χ2n) is 6.83. The molecular formula is C20H26N2OS. The van der Waals surface area contributed by atoms with E-state index in [0.717, 1.165) is 30.8 Å². The van der Waals surface area contributed by atoms with E-state index in [2.05, 4.69) is 54.2 Å². The van der Waals surface area contributed by atoms with Crippen molar-refractivity contribution < 1.29 is 4.79 Å². The van der Waals surface area contributed by atoms with Gasteiger partial charge in [-0.15, -0.1) is 11.3 Å². The molecule has 0 spiro atoms. The number of thiophene rings is 1. The predicted octanol–water partition coefficient (Wildman–Crippen LogP) is 4.11. The predicted molar refractivity (Wildman–Crippen MR) is 100 cm³/mol. The molecule has 128 valence electrons. The van der Waals surface area contributed by atoms with Crippen molar-refractivity contribution in [2.24, 2.45) is 0 Å². The van der Waals surface area contributed by atoms with Gasteiger partial charge in [-0.2, -0.15) is 0 Å². The summed E-state index contributed by atoms with van der Waals surface area (Å²) in [7, 11) is 4.17. The third-order valence-electron chi connectivity index (χ3n) is 4.59. The van der Waals surface area contributed by atoms with Crippen molar-refractivity contribution in [2.45, 2.75) is 38.3 Å². The quantitative estimate of drug-likeness (QED) is 0.816. The topological polar surface area (TPSA) is 23.6 Å². The van der Waals surface area contributed by atoms with Crippen LogP contribution in [0.25, 0.3) is 0 Å². The van der Waals surface area contributed by atoms with Crippen molar-refractivity contribution in [2.75, 3.05) is 20.6 Å². The number of likely N-dealkylation sites (tertiary alicyclic amines) is 1. The maximum Gasteiger partial charge on any atom is 0.228 e. The normalized spacial score (nSPS) is 18.1. The molecule has 1 atom stereocenters. The summed E-state index contributed by atoms with van der Waals surface area (Å²) in [6, 6.07) is 13.1. The molecule has 1 amide bonds. The van der Waals surface area contributed by atoms with Crippen LogP contribution in [0.4, 0.5) is 0 Å². The van der Waals surface area contributed by atoms with E-state index in [4.69, 9.17) is 0 Å². The molecule has 0 unspecified atom stereocenters. The number of piperidine rings is 1. The minimum Gasteiger partial charge on any atom is -0.335 e. The van der Waals surface area contributed by atoms with Crippen molar-refractivity contribution in [1.29, 1.82) is 0 Å². The number of amides is 1. The number of rotatable bonds is 5. The fourth-order valence-corrected chi connectivity index (χ4v) is 4.15. The SMILES string of the molecule is CN(C)Cc1ccc([C@@H]2CCCCN2C(=O)Cc2cccs2)cc1. The smallest absolute Gasteiger partial charge is 0.228 e. The average molecular weight is 343 g/mol. The molecule has 24 heavy (non-hydrogen) atoms. The zero-order chi connectivity index (χ0) is 16.9. The first-order valence-corrected chi connectivity index (χ1v) is 9.57. The van der Waals surface area contributed by atoms with Gasteiger partial charge in [-0.25, -0.2) is 0 Å². The lowest BCUT2D eigenvalue weighted by Gasteiger charge is -2.36. The van der Waals surface area contributed by atoms with Crippen LogP contribution in [0, 0.1) is 0 Å². The van der Waals surface area contributed by atoms with Crippen LogP contribution >= 0.6 is 11.3 Å². The Kier molecular flexibility index (Phi) is 5.69. The Bertz CT molecular complexity index is 649. The van der Waals surface area contributed by atoms with E-state index in [9.17, 15) is 4.79 Å². The summed E-state index contributed by atoms with van der Waals surface area (Å²) in [6.07, 6.45) is 3.92. The lowest BCUT2D eigenvalue weighted by molar-refractivity contribution is -0.134. The molecule has 3 nitrogen and oxygen atoms in total. The van der Waals surface area contributed by atoms with E-state index in [1.54, 1.807) is 11.3 Å². The zero-order valence-corrected chi connectivity index (χ0v) is 15.4. The van der Waals surface area contributed by atoms with Gasteiger partial charge in [-0.1, -0.05) is 30.3 Å². The Labute approximate surface area is 148 Å². The first-order chi connectivity index (χ1) is 11.6. The third kappa shape index (κ3) is 4.25. The Morgan fingerprint density at radius 1 is 1.21 bits per heavy atom. The fourth-order valence-electron chi connectivity index (χ4n) is 3.45. The largest absolute Gasteiger partial charge is 0.335 e. The number of benzene rings is 1. The molecule has 4 heteroatoms. The van der Waals surface area contributed by atoms with Gasteiger partial charge in [-0.3, -0.25) is 4.79 Å². The lowest BCUT2D eigenvalue weighted by Crippen LogP contribution is -2.39. The molecule has 3 rings (SSSR count). The molecule has 2 heterocycles. The molecule has 1 aliphatic heterocycles. The van der Waals surface area contributed by atoms with Crippen molar-refractivity contribution >= 4 is 17.2 Å². The lowest BCUT2D eigenvalue weighted by atomic mass is 9.94. The fraction of sp³-hybridized carbons (Fsp3) is 0.450. The molecule has 1 aromatic carbocycles. The summed E-state index contributed by atoms with van der Waals surface area (Å²) in [5.41, 5.74) is 2.59. The maximum atomic E-state index is 12.8. The molecular weight excluding hydrogens is 316 g/mol. The highest BCUT2D eigenvalue weighted by Crippen LogP contribution is 2.32. The van der Waals surface area contributed by atoms with Gasteiger partial charge in [0, 0.05) is 18.0 Å². The van der Waals surface area contributed by atoms with Crippen molar-refractivity contribution in [3.63, 3.8) is 0 Å². The van der Waals surface area contributed by atoms with E-state index in [0.29, 0.717) is 6.42 Å². The number of carbonyl (C=O) groups is 1. The number of hydrogen-bond donors (Lipinski definition) is 0. The van der Waals surface area contributed by atoms with Gasteiger partial charge in [0.25, 0.3) is 0 Å². The molecule has 0 N–H and O–H groups in total. The molecule has 0 radical (unpaired) electrons. The summed E-state index contributed by atoms with van der Waals surface area (Å²) in [6.45, 7) is 1.83. The van der Waals surface area contributed by atoms with Crippen LogP contribution in [0.2, 0.25) is 0 Å². The van der Waals surface area contributed by atoms with Crippen LogP contribution in [-0.2, 0) is 17.8 Å². The molecule has 0 bridgehead atoms. The van der Waals surface area contributed by atoms with Gasteiger partial charge in [-0.05, 0) is 55.9 Å². The van der Waals surface area contributed by atoms with Crippen molar-refractivity contribution in [1.82, 2.24) is 9.80 Å². The third-order valence-corrected chi connectivity index (χ3v) is 5.47. The molecule has 1 aliphatic rings. The Hall–Kier alpha value is -1.65. The standard InChI is InChI=1S/C20H26N2OS/c1-21(2)15-16-8-10-17(11-9-16)19-7-3-4-12-22(19)20(23)14-18-6-5-13-24-18/h5-6,8-11,13,19H,3-4,7,12,14-15H2,1-2H3/t19-/m0/s1. The number of carbonyl (C=O) groups excluding carboxylic acids is 1. The monoisotopic (exact) mass is 342 g/mol. The maximum absolute atomic E-state index is 12.8. The van der Waals surface area contributed by atoms with Crippen molar-refractivity contribution in [3.8, 4) is 0 Å². The van der Waals surface area contributed by atoms with Gasteiger partial charge in [0.2, 0.25) is 5.91 Å². The van der Waals surface area contributed by atoms with Crippen LogP contribution in [0.5, 0.6) is 0 Å². The molecule has 2 aromatic rings. The second-order valence-corrected chi connectivity index (χ2v) is 7.87. The van der Waals surface area contributed by atoms with E-state index >= 15 is 0 Å². The van der Waals surface area contributed by atoms with E-state index < -0.39 is 0 Å². The highest BCUT2D eigenvalue weighted by atomic mass is 32.1. The number of nitrogens with zero attached hydrogens (tertiary/aromatic N) is 2. The zero-order valence-electron chi connectivity index (χ0n) is 14.6.